The summed E-state index contributed by atoms with van der Waals surface area (Å²) >= 11 is 0. The van der Waals surface area contributed by atoms with E-state index in [4.69, 9.17) is 9.15 Å². The minimum Gasteiger partial charge on any atom is -0.497 e. The number of alkyl halides is 3. The molecule has 1 aliphatic rings. The molecule has 4 aromatic rings. The molecule has 9 nitrogen and oxygen atoms in total. The van der Waals surface area contributed by atoms with E-state index in [1.54, 1.807) is 23.3 Å². The standard InChI is InChI=1S/C23H25F3N6O3.C2H6/c1-30-12-16(19(29-30)23(24,25)26)21-28-27-20(35-21)14-6-4-13(5-7-14)11-32-18-10-15(34-3)8-9-17(18)31(2)22(32)33;1-2/h8-10,12-14H,4-7,11H2,1-3H3;1-2H3. The summed E-state index contributed by atoms with van der Waals surface area (Å²) in [5.41, 5.74) is 0.331. The first-order valence-corrected chi connectivity index (χ1v) is 12.3. The predicted octanol–water partition coefficient (Wildman–Crippen LogP) is 5.15. The van der Waals surface area contributed by atoms with Gasteiger partial charge < -0.3 is 9.15 Å². The van der Waals surface area contributed by atoms with Gasteiger partial charge in [0.2, 0.25) is 5.89 Å². The fourth-order valence-electron chi connectivity index (χ4n) is 4.91. The average Bonchev–Trinajstić information content (AvgIpc) is 3.59. The van der Waals surface area contributed by atoms with E-state index in [-0.39, 0.29) is 29.0 Å². The molecule has 0 radical (unpaired) electrons. The average molecular weight is 521 g/mol. The van der Waals surface area contributed by atoms with Gasteiger partial charge in [0.1, 0.15) is 5.75 Å². The van der Waals surface area contributed by atoms with Gasteiger partial charge in [-0.1, -0.05) is 13.8 Å². The fraction of sp³-hybridized carbons (Fsp3) is 0.520. The third kappa shape index (κ3) is 5.14. The van der Waals surface area contributed by atoms with E-state index >= 15 is 0 Å². The summed E-state index contributed by atoms with van der Waals surface area (Å²) < 4.78 is 55.4. The van der Waals surface area contributed by atoms with Crippen molar-refractivity contribution in [3.05, 3.63) is 46.5 Å². The maximum atomic E-state index is 13.3. The first-order chi connectivity index (χ1) is 17.7. The molecule has 0 bridgehead atoms. The van der Waals surface area contributed by atoms with Crippen molar-refractivity contribution in [3.8, 4) is 17.2 Å². The van der Waals surface area contributed by atoms with Crippen molar-refractivity contribution in [1.82, 2.24) is 29.1 Å². The monoisotopic (exact) mass is 520 g/mol. The molecular weight excluding hydrogens is 489 g/mol. The number of hydrogen-bond donors (Lipinski definition) is 0. The van der Waals surface area contributed by atoms with Crippen molar-refractivity contribution in [2.45, 2.75) is 58.2 Å². The summed E-state index contributed by atoms with van der Waals surface area (Å²) in [6.07, 6.45) is -0.241. The molecule has 0 saturated heterocycles. The molecule has 0 amide bonds. The normalized spacial score (nSPS) is 18.1. The molecule has 5 rings (SSSR count). The largest absolute Gasteiger partial charge is 0.497 e. The van der Waals surface area contributed by atoms with Crippen LogP contribution < -0.4 is 10.4 Å². The Labute approximate surface area is 211 Å². The summed E-state index contributed by atoms with van der Waals surface area (Å²) in [6.45, 7) is 4.58. The van der Waals surface area contributed by atoms with Crippen LogP contribution in [0.4, 0.5) is 13.2 Å². The molecule has 0 spiro atoms. The third-order valence-electron chi connectivity index (χ3n) is 6.76. The molecule has 3 aromatic heterocycles. The number of imidazole rings is 1. The summed E-state index contributed by atoms with van der Waals surface area (Å²) in [7, 11) is 4.76. The van der Waals surface area contributed by atoms with Crippen LogP contribution in [0.2, 0.25) is 0 Å². The molecule has 0 aliphatic heterocycles. The van der Waals surface area contributed by atoms with Crippen LogP contribution in [-0.2, 0) is 26.8 Å². The van der Waals surface area contributed by atoms with Crippen LogP contribution in [0.3, 0.4) is 0 Å². The molecule has 0 N–H and O–H groups in total. The number of hydrogen-bond acceptors (Lipinski definition) is 6. The van der Waals surface area contributed by atoms with E-state index in [9.17, 15) is 18.0 Å². The SMILES string of the molecule is CC.COc1ccc2c(c1)n(CC1CCC(c3nnc(-c4cn(C)nc4C(F)(F)F)o3)CC1)c(=O)n2C. The smallest absolute Gasteiger partial charge is 0.435 e. The molecule has 1 fully saturated rings. The van der Waals surface area contributed by atoms with Gasteiger partial charge in [-0.2, -0.15) is 18.3 Å². The number of aromatic nitrogens is 6. The van der Waals surface area contributed by atoms with Gasteiger partial charge in [0, 0.05) is 38.8 Å². The molecule has 37 heavy (non-hydrogen) atoms. The van der Waals surface area contributed by atoms with Crippen molar-refractivity contribution < 1.29 is 22.3 Å². The highest BCUT2D eigenvalue weighted by Crippen LogP contribution is 2.39. The van der Waals surface area contributed by atoms with Crippen LogP contribution in [0.25, 0.3) is 22.5 Å². The number of rotatable bonds is 5. The number of fused-ring (bicyclic) bond motifs is 1. The highest BCUT2D eigenvalue weighted by Gasteiger charge is 2.39. The molecule has 200 valence electrons. The molecule has 1 aliphatic carbocycles. The Kier molecular flexibility index (Phi) is 7.47. The topological polar surface area (TPSA) is 92.9 Å². The number of methoxy groups -OCH3 is 1. The van der Waals surface area contributed by atoms with Crippen LogP contribution in [0, 0.1) is 5.92 Å². The summed E-state index contributed by atoms with van der Waals surface area (Å²) in [5, 5.41) is 11.4. The fourth-order valence-corrected chi connectivity index (χ4v) is 4.91. The quantitative estimate of drug-likeness (QED) is 0.361. The molecule has 0 atom stereocenters. The second-order valence-electron chi connectivity index (χ2n) is 9.03. The van der Waals surface area contributed by atoms with E-state index in [1.165, 1.54) is 13.2 Å². The van der Waals surface area contributed by atoms with Gasteiger partial charge in [0.05, 0.1) is 23.7 Å². The molecule has 1 saturated carbocycles. The van der Waals surface area contributed by atoms with Crippen LogP contribution in [0.1, 0.15) is 57.0 Å². The highest BCUT2D eigenvalue weighted by atomic mass is 19.4. The highest BCUT2D eigenvalue weighted by molar-refractivity contribution is 5.77. The number of ether oxygens (including phenoxy) is 1. The van der Waals surface area contributed by atoms with Crippen molar-refractivity contribution in [2.75, 3.05) is 7.11 Å². The van der Waals surface area contributed by atoms with Crippen molar-refractivity contribution in [2.24, 2.45) is 20.0 Å². The molecule has 0 unspecified atom stereocenters. The second kappa shape index (κ2) is 10.4. The molecular formula is C25H31F3N6O3. The number of halogens is 3. The van der Waals surface area contributed by atoms with Gasteiger partial charge in [-0.15, -0.1) is 10.2 Å². The maximum absolute atomic E-state index is 13.3. The predicted molar refractivity (Wildman–Crippen MR) is 131 cm³/mol. The van der Waals surface area contributed by atoms with Gasteiger partial charge in [-0.05, 0) is 43.7 Å². The lowest BCUT2D eigenvalue weighted by Crippen LogP contribution is -2.27. The van der Waals surface area contributed by atoms with Gasteiger partial charge >= 0.3 is 11.9 Å². The van der Waals surface area contributed by atoms with Gasteiger partial charge in [-0.25, -0.2) is 4.79 Å². The Morgan fingerprint density at radius 3 is 2.43 bits per heavy atom. The van der Waals surface area contributed by atoms with E-state index in [0.717, 1.165) is 41.4 Å². The van der Waals surface area contributed by atoms with Crippen molar-refractivity contribution in [1.29, 1.82) is 0 Å². The number of benzene rings is 1. The van der Waals surface area contributed by atoms with Gasteiger partial charge in [0.15, 0.2) is 5.69 Å². The van der Waals surface area contributed by atoms with Crippen LogP contribution in [0.15, 0.2) is 33.6 Å². The van der Waals surface area contributed by atoms with Gasteiger partial charge in [0.25, 0.3) is 5.89 Å². The van der Waals surface area contributed by atoms with Crippen molar-refractivity contribution in [3.63, 3.8) is 0 Å². The Morgan fingerprint density at radius 2 is 1.78 bits per heavy atom. The minimum atomic E-state index is -4.62. The lowest BCUT2D eigenvalue weighted by atomic mass is 9.82. The Balaban J connectivity index is 0.00000156. The first kappa shape index (κ1) is 26.5. The summed E-state index contributed by atoms with van der Waals surface area (Å²) in [6, 6.07) is 5.58. The van der Waals surface area contributed by atoms with E-state index in [2.05, 4.69) is 15.3 Å². The Hall–Kier alpha value is -3.57. The van der Waals surface area contributed by atoms with Crippen molar-refractivity contribution >= 4 is 11.0 Å². The first-order valence-electron chi connectivity index (χ1n) is 12.3. The zero-order chi connectivity index (χ0) is 26.9. The lowest BCUT2D eigenvalue weighted by molar-refractivity contribution is -0.141. The Bertz CT molecular complexity index is 1420. The number of aryl methyl sites for hydroxylation is 2. The lowest BCUT2D eigenvalue weighted by Gasteiger charge is -2.26. The Morgan fingerprint density at radius 1 is 1.08 bits per heavy atom. The van der Waals surface area contributed by atoms with E-state index in [0.29, 0.717) is 18.2 Å². The van der Waals surface area contributed by atoms with E-state index < -0.39 is 11.9 Å². The molecule has 12 heteroatoms. The summed E-state index contributed by atoms with van der Waals surface area (Å²) in [4.78, 5) is 12.8. The summed E-state index contributed by atoms with van der Waals surface area (Å²) in [5.74, 6) is 1.08. The second-order valence-corrected chi connectivity index (χ2v) is 9.03. The van der Waals surface area contributed by atoms with Crippen LogP contribution >= 0.6 is 0 Å². The molecule has 3 heterocycles. The molecule has 1 aromatic carbocycles. The maximum Gasteiger partial charge on any atom is 0.435 e. The van der Waals surface area contributed by atoms with Gasteiger partial charge in [-0.3, -0.25) is 13.8 Å². The number of nitrogens with zero attached hydrogens (tertiary/aromatic N) is 6. The third-order valence-corrected chi connectivity index (χ3v) is 6.76. The van der Waals surface area contributed by atoms with Crippen LogP contribution in [0.5, 0.6) is 5.75 Å². The zero-order valence-corrected chi connectivity index (χ0v) is 21.5. The van der Waals surface area contributed by atoms with E-state index in [1.807, 2.05) is 32.0 Å². The minimum absolute atomic E-state index is 0.0390. The zero-order valence-electron chi connectivity index (χ0n) is 21.5. The van der Waals surface area contributed by atoms with Crippen LogP contribution in [-0.4, -0.2) is 36.2 Å².